The number of anilines is 1. The van der Waals surface area contributed by atoms with Gasteiger partial charge in [0.15, 0.2) is 11.5 Å². The molecule has 0 aromatic heterocycles. The van der Waals surface area contributed by atoms with E-state index in [1.807, 2.05) is 43.3 Å². The SMILES string of the molecule is COc1cc(/C=C2\C(=O)NC(=O)N(c3cccc(C)c3)C2=O)ccc1OC(=O)/C=C/c1ccccc1. The standard InChI is InChI=1S/C28H22N2O6/c1-18-7-6-10-21(15-18)30-27(33)22(26(32)29-28(30)34)16-20-11-13-23(24(17-20)35-2)36-25(31)14-12-19-8-4-3-5-9-19/h3-17H,1-2H3,(H,29,32,34)/b14-12+,22-16+. The van der Waals surface area contributed by atoms with Crippen LogP contribution in [0.15, 0.2) is 84.4 Å². The van der Waals surface area contributed by atoms with E-state index in [0.717, 1.165) is 16.0 Å². The summed E-state index contributed by atoms with van der Waals surface area (Å²) in [6.07, 6.45) is 4.27. The molecule has 1 saturated heterocycles. The maximum Gasteiger partial charge on any atom is 0.336 e. The van der Waals surface area contributed by atoms with E-state index in [4.69, 9.17) is 9.47 Å². The summed E-state index contributed by atoms with van der Waals surface area (Å²) in [4.78, 5) is 51.1. The van der Waals surface area contributed by atoms with E-state index in [1.54, 1.807) is 30.3 Å². The molecule has 8 nitrogen and oxygen atoms in total. The second-order valence-electron chi connectivity index (χ2n) is 7.87. The fourth-order valence-electron chi connectivity index (χ4n) is 3.55. The van der Waals surface area contributed by atoms with Gasteiger partial charge >= 0.3 is 12.0 Å². The van der Waals surface area contributed by atoms with Crippen molar-refractivity contribution >= 4 is 41.7 Å². The molecule has 0 bridgehead atoms. The lowest BCUT2D eigenvalue weighted by atomic mass is 10.1. The van der Waals surface area contributed by atoms with Gasteiger partial charge < -0.3 is 9.47 Å². The van der Waals surface area contributed by atoms with Crippen LogP contribution in [-0.2, 0) is 14.4 Å². The second-order valence-corrected chi connectivity index (χ2v) is 7.87. The first-order valence-corrected chi connectivity index (χ1v) is 11.0. The molecule has 3 aromatic rings. The van der Waals surface area contributed by atoms with Crippen LogP contribution in [0, 0.1) is 6.92 Å². The third kappa shape index (κ3) is 5.39. The summed E-state index contributed by atoms with van der Waals surface area (Å²) in [7, 11) is 1.40. The molecule has 1 aliphatic rings. The summed E-state index contributed by atoms with van der Waals surface area (Å²) in [5.74, 6) is -1.78. The van der Waals surface area contributed by atoms with Gasteiger partial charge in [0.1, 0.15) is 5.57 Å². The Morgan fingerprint density at radius 3 is 2.39 bits per heavy atom. The minimum atomic E-state index is -0.823. The average Bonchev–Trinajstić information content (AvgIpc) is 2.86. The van der Waals surface area contributed by atoms with Crippen molar-refractivity contribution in [2.45, 2.75) is 6.92 Å². The highest BCUT2D eigenvalue weighted by Crippen LogP contribution is 2.30. The number of hydrogen-bond donors (Lipinski definition) is 1. The first-order chi connectivity index (χ1) is 17.4. The van der Waals surface area contributed by atoms with Crippen LogP contribution < -0.4 is 19.7 Å². The molecule has 4 amide bonds. The number of aryl methyl sites for hydroxylation is 1. The van der Waals surface area contributed by atoms with Gasteiger partial charge in [0.25, 0.3) is 11.8 Å². The Bertz CT molecular complexity index is 1410. The molecular formula is C28H22N2O6. The number of rotatable bonds is 6. The van der Waals surface area contributed by atoms with Crippen molar-refractivity contribution in [3.63, 3.8) is 0 Å². The zero-order chi connectivity index (χ0) is 25.7. The van der Waals surface area contributed by atoms with Gasteiger partial charge in [-0.05, 0) is 60.0 Å². The summed E-state index contributed by atoms with van der Waals surface area (Å²) in [6, 6.07) is 19.9. The molecule has 8 heteroatoms. The fraction of sp³-hybridized carbons (Fsp3) is 0.0714. The van der Waals surface area contributed by atoms with E-state index in [-0.39, 0.29) is 17.1 Å². The van der Waals surface area contributed by atoms with Gasteiger partial charge in [0, 0.05) is 6.08 Å². The van der Waals surface area contributed by atoms with E-state index < -0.39 is 23.8 Å². The van der Waals surface area contributed by atoms with Crippen LogP contribution >= 0.6 is 0 Å². The predicted molar refractivity (Wildman–Crippen MR) is 134 cm³/mol. The summed E-state index contributed by atoms with van der Waals surface area (Å²) < 4.78 is 10.7. The second kappa shape index (κ2) is 10.5. The molecule has 180 valence electrons. The van der Waals surface area contributed by atoms with Crippen LogP contribution in [0.1, 0.15) is 16.7 Å². The van der Waals surface area contributed by atoms with Crippen LogP contribution in [0.2, 0.25) is 0 Å². The molecule has 3 aromatic carbocycles. The molecule has 36 heavy (non-hydrogen) atoms. The van der Waals surface area contributed by atoms with E-state index in [1.165, 1.54) is 31.4 Å². The van der Waals surface area contributed by atoms with Gasteiger partial charge in [-0.1, -0.05) is 48.5 Å². The Kier molecular flexibility index (Phi) is 7.06. The quantitative estimate of drug-likeness (QED) is 0.243. The number of ether oxygens (including phenoxy) is 2. The van der Waals surface area contributed by atoms with E-state index >= 15 is 0 Å². The van der Waals surface area contributed by atoms with Gasteiger partial charge in [0.2, 0.25) is 0 Å². The third-order valence-electron chi connectivity index (χ3n) is 5.28. The number of nitrogens with one attached hydrogen (secondary N) is 1. The van der Waals surface area contributed by atoms with Crippen LogP contribution in [0.4, 0.5) is 10.5 Å². The van der Waals surface area contributed by atoms with Crippen LogP contribution in [0.25, 0.3) is 12.2 Å². The summed E-state index contributed by atoms with van der Waals surface area (Å²) in [6.45, 7) is 1.83. The number of imide groups is 2. The number of hydrogen-bond acceptors (Lipinski definition) is 6. The summed E-state index contributed by atoms with van der Waals surface area (Å²) >= 11 is 0. The summed E-state index contributed by atoms with van der Waals surface area (Å²) in [5.41, 5.74) is 2.25. The molecule has 0 unspecified atom stereocenters. The summed E-state index contributed by atoms with van der Waals surface area (Å²) in [5, 5.41) is 2.19. The van der Waals surface area contributed by atoms with Crippen molar-refractivity contribution in [1.29, 1.82) is 0 Å². The zero-order valence-electron chi connectivity index (χ0n) is 19.6. The number of amides is 4. The number of barbiturate groups is 1. The van der Waals surface area contributed by atoms with Crippen LogP contribution in [0.3, 0.4) is 0 Å². The normalized spacial score (nSPS) is 14.8. The van der Waals surface area contributed by atoms with E-state index in [2.05, 4.69) is 5.32 Å². The van der Waals surface area contributed by atoms with Crippen LogP contribution in [0.5, 0.6) is 11.5 Å². The number of methoxy groups -OCH3 is 1. The predicted octanol–water partition coefficient (Wildman–Crippen LogP) is 4.29. The molecule has 1 fully saturated rings. The first kappa shape index (κ1) is 24.2. The Labute approximate surface area is 207 Å². The lowest BCUT2D eigenvalue weighted by Crippen LogP contribution is -2.54. The Hall–Kier alpha value is -4.98. The number of carbonyl (C=O) groups excluding carboxylic acids is 4. The molecule has 4 rings (SSSR count). The Morgan fingerprint density at radius 1 is 0.889 bits per heavy atom. The Morgan fingerprint density at radius 2 is 1.67 bits per heavy atom. The van der Waals surface area contributed by atoms with Crippen molar-refractivity contribution in [2.24, 2.45) is 0 Å². The van der Waals surface area contributed by atoms with Crippen LogP contribution in [-0.4, -0.2) is 30.9 Å². The van der Waals surface area contributed by atoms with E-state index in [0.29, 0.717) is 11.3 Å². The monoisotopic (exact) mass is 482 g/mol. The largest absolute Gasteiger partial charge is 0.493 e. The maximum absolute atomic E-state index is 13.1. The molecule has 0 aliphatic carbocycles. The maximum atomic E-state index is 13.1. The molecule has 0 radical (unpaired) electrons. The molecule has 1 heterocycles. The van der Waals surface area contributed by atoms with Gasteiger partial charge in [-0.3, -0.25) is 14.9 Å². The zero-order valence-corrected chi connectivity index (χ0v) is 19.6. The number of esters is 1. The molecule has 0 spiro atoms. The minimum absolute atomic E-state index is 0.165. The number of carbonyl (C=O) groups is 4. The first-order valence-electron chi connectivity index (χ1n) is 11.0. The van der Waals surface area contributed by atoms with Gasteiger partial charge in [-0.2, -0.15) is 0 Å². The molecular weight excluding hydrogens is 460 g/mol. The van der Waals surface area contributed by atoms with E-state index in [9.17, 15) is 19.2 Å². The lowest BCUT2D eigenvalue weighted by molar-refractivity contribution is -0.129. The van der Waals surface area contributed by atoms with Gasteiger partial charge in [0.05, 0.1) is 12.8 Å². The molecule has 0 atom stereocenters. The molecule has 1 aliphatic heterocycles. The number of nitrogens with zero attached hydrogens (tertiary/aromatic N) is 1. The molecule has 0 saturated carbocycles. The topological polar surface area (TPSA) is 102 Å². The van der Waals surface area contributed by atoms with Crippen molar-refractivity contribution in [1.82, 2.24) is 5.32 Å². The smallest absolute Gasteiger partial charge is 0.336 e. The Balaban J connectivity index is 1.57. The highest BCUT2D eigenvalue weighted by molar-refractivity contribution is 6.39. The fourth-order valence-corrected chi connectivity index (χ4v) is 3.55. The third-order valence-corrected chi connectivity index (χ3v) is 5.28. The highest BCUT2D eigenvalue weighted by Gasteiger charge is 2.36. The number of urea groups is 1. The molecule has 1 N–H and O–H groups in total. The van der Waals surface area contributed by atoms with Crippen molar-refractivity contribution in [3.05, 3.63) is 101 Å². The van der Waals surface area contributed by atoms with Crippen molar-refractivity contribution in [3.8, 4) is 11.5 Å². The number of benzene rings is 3. The van der Waals surface area contributed by atoms with Gasteiger partial charge in [-0.15, -0.1) is 0 Å². The lowest BCUT2D eigenvalue weighted by Gasteiger charge is -2.26. The average molecular weight is 482 g/mol. The highest BCUT2D eigenvalue weighted by atomic mass is 16.6. The van der Waals surface area contributed by atoms with Crippen molar-refractivity contribution < 1.29 is 28.7 Å². The van der Waals surface area contributed by atoms with Crippen molar-refractivity contribution in [2.75, 3.05) is 12.0 Å². The van der Waals surface area contributed by atoms with Gasteiger partial charge in [-0.25, -0.2) is 14.5 Å². The minimum Gasteiger partial charge on any atom is -0.493 e.